The normalized spacial score (nSPS) is 15.2. The van der Waals surface area contributed by atoms with Crippen molar-refractivity contribution >= 4 is 5.91 Å². The molecule has 0 atom stereocenters. The van der Waals surface area contributed by atoms with Gasteiger partial charge < -0.3 is 15.2 Å². The highest BCUT2D eigenvalue weighted by molar-refractivity contribution is 5.92. The minimum absolute atomic E-state index is 0.0807. The molecule has 1 heterocycles. The predicted molar refractivity (Wildman–Crippen MR) is 61.7 cm³/mol. The molecule has 0 unspecified atom stereocenters. The van der Waals surface area contributed by atoms with Gasteiger partial charge in [-0.25, -0.2) is 0 Å². The molecule has 1 amide bonds. The number of amides is 1. The first-order valence-electron chi connectivity index (χ1n) is 5.58. The fraction of sp³-hybridized carbons (Fsp3) is 0.583. The summed E-state index contributed by atoms with van der Waals surface area (Å²) >= 11 is 0. The second-order valence-corrected chi connectivity index (χ2v) is 4.01. The van der Waals surface area contributed by atoms with Crippen molar-refractivity contribution in [3.63, 3.8) is 0 Å². The SMILES string of the molecule is CC(C)C1=CCOC(C(=O)NCCCO)=C1. The van der Waals surface area contributed by atoms with Crippen molar-refractivity contribution in [1.29, 1.82) is 0 Å². The molecular weight excluding hydrogens is 206 g/mol. The largest absolute Gasteiger partial charge is 0.484 e. The molecular formula is C12H19NO3. The van der Waals surface area contributed by atoms with Crippen LogP contribution in [0.4, 0.5) is 0 Å². The van der Waals surface area contributed by atoms with Crippen molar-refractivity contribution < 1.29 is 14.6 Å². The minimum atomic E-state index is -0.209. The summed E-state index contributed by atoms with van der Waals surface area (Å²) in [5.41, 5.74) is 1.12. The molecule has 16 heavy (non-hydrogen) atoms. The van der Waals surface area contributed by atoms with E-state index in [4.69, 9.17) is 9.84 Å². The molecule has 0 saturated heterocycles. The minimum Gasteiger partial charge on any atom is -0.484 e. The number of nitrogens with one attached hydrogen (secondary N) is 1. The molecule has 4 nitrogen and oxygen atoms in total. The summed E-state index contributed by atoms with van der Waals surface area (Å²) in [4.78, 5) is 11.6. The monoisotopic (exact) mass is 225 g/mol. The van der Waals surface area contributed by atoms with Crippen LogP contribution in [0.3, 0.4) is 0 Å². The number of aliphatic hydroxyl groups excluding tert-OH is 1. The van der Waals surface area contributed by atoms with Crippen LogP contribution >= 0.6 is 0 Å². The Hall–Kier alpha value is -1.29. The number of carbonyl (C=O) groups is 1. The molecule has 1 aliphatic heterocycles. The Labute approximate surface area is 96.0 Å². The zero-order valence-electron chi connectivity index (χ0n) is 9.82. The van der Waals surface area contributed by atoms with Crippen LogP contribution in [0.5, 0.6) is 0 Å². The number of carbonyl (C=O) groups excluding carboxylic acids is 1. The van der Waals surface area contributed by atoms with Gasteiger partial charge in [-0.05, 0) is 30.1 Å². The first-order valence-corrected chi connectivity index (χ1v) is 5.58. The van der Waals surface area contributed by atoms with Gasteiger partial charge >= 0.3 is 0 Å². The topological polar surface area (TPSA) is 58.6 Å². The zero-order valence-corrected chi connectivity index (χ0v) is 9.82. The van der Waals surface area contributed by atoms with Gasteiger partial charge in [-0.3, -0.25) is 4.79 Å². The predicted octanol–water partition coefficient (Wildman–Crippen LogP) is 0.981. The van der Waals surface area contributed by atoms with E-state index in [-0.39, 0.29) is 12.5 Å². The van der Waals surface area contributed by atoms with Gasteiger partial charge in [0, 0.05) is 13.2 Å². The van der Waals surface area contributed by atoms with Crippen LogP contribution in [0.15, 0.2) is 23.5 Å². The average Bonchev–Trinajstić information content (AvgIpc) is 2.29. The highest BCUT2D eigenvalue weighted by Gasteiger charge is 2.15. The van der Waals surface area contributed by atoms with E-state index in [0.717, 1.165) is 5.57 Å². The maximum Gasteiger partial charge on any atom is 0.286 e. The molecule has 0 radical (unpaired) electrons. The van der Waals surface area contributed by atoms with Gasteiger partial charge in [-0.1, -0.05) is 13.8 Å². The molecule has 1 rings (SSSR count). The van der Waals surface area contributed by atoms with E-state index < -0.39 is 0 Å². The molecule has 2 N–H and O–H groups in total. The first kappa shape index (κ1) is 12.8. The van der Waals surface area contributed by atoms with Crippen LogP contribution < -0.4 is 5.32 Å². The van der Waals surface area contributed by atoms with E-state index >= 15 is 0 Å². The Balaban J connectivity index is 2.53. The molecule has 0 fully saturated rings. The lowest BCUT2D eigenvalue weighted by atomic mass is 10.0. The van der Waals surface area contributed by atoms with Gasteiger partial charge in [0.25, 0.3) is 5.91 Å². The summed E-state index contributed by atoms with van der Waals surface area (Å²) in [6.45, 7) is 5.16. The third kappa shape index (κ3) is 3.70. The quantitative estimate of drug-likeness (QED) is 0.686. The summed E-state index contributed by atoms with van der Waals surface area (Å²) in [7, 11) is 0. The molecule has 0 aliphatic carbocycles. The van der Waals surface area contributed by atoms with Crippen LogP contribution in [0.25, 0.3) is 0 Å². The molecule has 0 aromatic rings. The van der Waals surface area contributed by atoms with Gasteiger partial charge in [-0.2, -0.15) is 0 Å². The van der Waals surface area contributed by atoms with Crippen molar-refractivity contribution in [2.75, 3.05) is 19.8 Å². The number of rotatable bonds is 5. The lowest BCUT2D eigenvalue weighted by molar-refractivity contribution is -0.120. The van der Waals surface area contributed by atoms with Crippen molar-refractivity contribution in [3.05, 3.63) is 23.5 Å². The van der Waals surface area contributed by atoms with Crippen molar-refractivity contribution in [2.45, 2.75) is 20.3 Å². The number of hydrogen-bond donors (Lipinski definition) is 2. The summed E-state index contributed by atoms with van der Waals surface area (Å²) < 4.78 is 5.26. The molecule has 0 aromatic heterocycles. The molecule has 4 heteroatoms. The van der Waals surface area contributed by atoms with E-state index in [1.807, 2.05) is 6.08 Å². The highest BCUT2D eigenvalue weighted by Crippen LogP contribution is 2.18. The Kier molecular flexibility index (Phi) is 5.05. The maximum absolute atomic E-state index is 11.6. The first-order chi connectivity index (χ1) is 7.65. The fourth-order valence-electron chi connectivity index (χ4n) is 1.38. The van der Waals surface area contributed by atoms with E-state index in [9.17, 15) is 4.79 Å². The second-order valence-electron chi connectivity index (χ2n) is 4.01. The number of hydrogen-bond acceptors (Lipinski definition) is 3. The average molecular weight is 225 g/mol. The van der Waals surface area contributed by atoms with Gasteiger partial charge in [0.05, 0.1) is 0 Å². The van der Waals surface area contributed by atoms with Crippen LogP contribution in [-0.4, -0.2) is 30.8 Å². The lowest BCUT2D eigenvalue weighted by Gasteiger charge is -2.17. The third-order valence-corrected chi connectivity index (χ3v) is 2.37. The van der Waals surface area contributed by atoms with Gasteiger partial charge in [0.2, 0.25) is 0 Å². The van der Waals surface area contributed by atoms with Crippen LogP contribution in [0.2, 0.25) is 0 Å². The van der Waals surface area contributed by atoms with E-state index in [2.05, 4.69) is 19.2 Å². The zero-order chi connectivity index (χ0) is 12.0. The lowest BCUT2D eigenvalue weighted by Crippen LogP contribution is -2.28. The van der Waals surface area contributed by atoms with Crippen molar-refractivity contribution in [2.24, 2.45) is 5.92 Å². The summed E-state index contributed by atoms with van der Waals surface area (Å²) in [5, 5.41) is 11.3. The van der Waals surface area contributed by atoms with Crippen molar-refractivity contribution in [1.82, 2.24) is 5.32 Å². The smallest absolute Gasteiger partial charge is 0.286 e. The molecule has 90 valence electrons. The standard InChI is InChI=1S/C12H19NO3/c1-9(2)10-4-7-16-11(8-10)12(15)13-5-3-6-14/h4,8-9,14H,3,5-7H2,1-2H3,(H,13,15). The van der Waals surface area contributed by atoms with E-state index in [0.29, 0.717) is 31.2 Å². The second kappa shape index (κ2) is 6.33. The summed E-state index contributed by atoms with van der Waals surface area (Å²) in [6.07, 6.45) is 4.32. The third-order valence-electron chi connectivity index (χ3n) is 2.37. The van der Waals surface area contributed by atoms with Gasteiger partial charge in [0.1, 0.15) is 6.61 Å². The molecule has 0 spiro atoms. The summed E-state index contributed by atoms with van der Waals surface area (Å²) in [5.74, 6) is 0.549. The maximum atomic E-state index is 11.6. The van der Waals surface area contributed by atoms with Gasteiger partial charge in [0.15, 0.2) is 5.76 Å². The molecule has 0 aromatic carbocycles. The number of aliphatic hydroxyl groups is 1. The van der Waals surface area contributed by atoms with Crippen molar-refractivity contribution in [3.8, 4) is 0 Å². The van der Waals surface area contributed by atoms with Crippen LogP contribution in [0, 0.1) is 5.92 Å². The van der Waals surface area contributed by atoms with E-state index in [1.54, 1.807) is 6.08 Å². The summed E-state index contributed by atoms with van der Waals surface area (Å²) in [6, 6.07) is 0. The molecule has 1 aliphatic rings. The Morgan fingerprint density at radius 3 is 3.00 bits per heavy atom. The van der Waals surface area contributed by atoms with Crippen LogP contribution in [0.1, 0.15) is 20.3 Å². The number of ether oxygens (including phenoxy) is 1. The van der Waals surface area contributed by atoms with Gasteiger partial charge in [-0.15, -0.1) is 0 Å². The van der Waals surface area contributed by atoms with Crippen LogP contribution in [-0.2, 0) is 9.53 Å². The van der Waals surface area contributed by atoms with E-state index in [1.165, 1.54) is 0 Å². The Morgan fingerprint density at radius 1 is 1.62 bits per heavy atom. The Morgan fingerprint density at radius 2 is 2.38 bits per heavy atom. The molecule has 0 saturated carbocycles. The fourth-order valence-corrected chi connectivity index (χ4v) is 1.38. The Bertz CT molecular complexity index is 305. The molecule has 0 bridgehead atoms. The number of allylic oxidation sites excluding steroid dienone is 2. The highest BCUT2D eigenvalue weighted by atomic mass is 16.5.